The number of hydrogen-bond donors (Lipinski definition) is 2. The molecule has 0 aliphatic heterocycles. The average Bonchev–Trinajstić information content (AvgIpc) is 2.48. The van der Waals surface area contributed by atoms with E-state index in [-0.39, 0.29) is 17.8 Å². The molecule has 0 spiro atoms. The first-order valence-corrected chi connectivity index (χ1v) is 6.44. The summed E-state index contributed by atoms with van der Waals surface area (Å²) in [6.07, 6.45) is 0. The van der Waals surface area contributed by atoms with Crippen LogP contribution in [0.15, 0.2) is 54.6 Å². The van der Waals surface area contributed by atoms with E-state index in [1.54, 1.807) is 12.1 Å². The maximum Gasteiger partial charge on any atom is 0.241 e. The molecule has 0 aliphatic carbocycles. The Labute approximate surface area is 117 Å². The molecule has 0 saturated heterocycles. The topological polar surface area (TPSA) is 55.1 Å². The number of nitrogens with one attached hydrogen (secondary N) is 1. The number of rotatable bonds is 4. The quantitative estimate of drug-likeness (QED) is 0.899. The van der Waals surface area contributed by atoms with Gasteiger partial charge in [0.1, 0.15) is 11.9 Å². The van der Waals surface area contributed by atoms with Crippen molar-refractivity contribution >= 4 is 5.91 Å². The van der Waals surface area contributed by atoms with E-state index in [4.69, 9.17) is 5.73 Å². The van der Waals surface area contributed by atoms with Crippen LogP contribution in [0.3, 0.4) is 0 Å². The molecule has 2 aromatic rings. The van der Waals surface area contributed by atoms with Crippen LogP contribution in [-0.4, -0.2) is 5.91 Å². The van der Waals surface area contributed by atoms with Gasteiger partial charge in [-0.1, -0.05) is 42.5 Å². The van der Waals surface area contributed by atoms with Crippen molar-refractivity contribution in [3.05, 3.63) is 71.5 Å². The summed E-state index contributed by atoms with van der Waals surface area (Å²) in [5.74, 6) is -0.554. The number of carbonyl (C=O) groups is 1. The first-order valence-electron chi connectivity index (χ1n) is 6.44. The van der Waals surface area contributed by atoms with Crippen LogP contribution >= 0.6 is 0 Å². The third-order valence-corrected chi connectivity index (χ3v) is 3.17. The Morgan fingerprint density at radius 1 is 1.05 bits per heavy atom. The van der Waals surface area contributed by atoms with Gasteiger partial charge < -0.3 is 11.1 Å². The van der Waals surface area contributed by atoms with E-state index < -0.39 is 6.04 Å². The van der Waals surface area contributed by atoms with Crippen molar-refractivity contribution in [2.24, 2.45) is 5.73 Å². The van der Waals surface area contributed by atoms with Crippen LogP contribution in [0.5, 0.6) is 0 Å². The summed E-state index contributed by atoms with van der Waals surface area (Å²) in [4.78, 5) is 12.1. The highest BCUT2D eigenvalue weighted by molar-refractivity contribution is 5.83. The van der Waals surface area contributed by atoms with Crippen molar-refractivity contribution in [2.45, 2.75) is 19.0 Å². The summed E-state index contributed by atoms with van der Waals surface area (Å²) in [7, 11) is 0. The highest BCUT2D eigenvalue weighted by Crippen LogP contribution is 2.15. The minimum absolute atomic E-state index is 0.224. The molecule has 104 valence electrons. The fourth-order valence-corrected chi connectivity index (χ4v) is 1.95. The number of carbonyl (C=O) groups excluding carboxylic acids is 1. The SMILES string of the molecule is CC(NC(=O)[C@H](N)c1ccccc1)c1ccc(F)cc1. The second-order valence-corrected chi connectivity index (χ2v) is 4.67. The van der Waals surface area contributed by atoms with Gasteiger partial charge in [-0.05, 0) is 30.2 Å². The minimum atomic E-state index is -0.709. The van der Waals surface area contributed by atoms with E-state index >= 15 is 0 Å². The van der Waals surface area contributed by atoms with Crippen LogP contribution in [0.25, 0.3) is 0 Å². The van der Waals surface area contributed by atoms with E-state index in [0.717, 1.165) is 11.1 Å². The van der Waals surface area contributed by atoms with E-state index in [2.05, 4.69) is 5.32 Å². The van der Waals surface area contributed by atoms with Crippen LogP contribution in [0.2, 0.25) is 0 Å². The Kier molecular flexibility index (Phi) is 4.48. The molecule has 4 heteroatoms. The summed E-state index contributed by atoms with van der Waals surface area (Å²) < 4.78 is 12.9. The van der Waals surface area contributed by atoms with Gasteiger partial charge in [-0.15, -0.1) is 0 Å². The Morgan fingerprint density at radius 3 is 2.25 bits per heavy atom. The van der Waals surface area contributed by atoms with Gasteiger partial charge >= 0.3 is 0 Å². The molecule has 0 saturated carbocycles. The zero-order valence-electron chi connectivity index (χ0n) is 11.2. The number of benzene rings is 2. The summed E-state index contributed by atoms with van der Waals surface area (Å²) in [6, 6.07) is 14.3. The van der Waals surface area contributed by atoms with Crippen molar-refractivity contribution in [3.63, 3.8) is 0 Å². The number of halogens is 1. The van der Waals surface area contributed by atoms with Crippen molar-refractivity contribution in [2.75, 3.05) is 0 Å². The minimum Gasteiger partial charge on any atom is -0.348 e. The molecule has 0 fully saturated rings. The molecule has 3 N–H and O–H groups in total. The second-order valence-electron chi connectivity index (χ2n) is 4.67. The Bertz CT molecular complexity index is 569. The van der Waals surface area contributed by atoms with E-state index in [0.29, 0.717) is 0 Å². The van der Waals surface area contributed by atoms with Gasteiger partial charge in [0.15, 0.2) is 0 Å². The highest BCUT2D eigenvalue weighted by atomic mass is 19.1. The molecule has 0 radical (unpaired) electrons. The predicted octanol–water partition coefficient (Wildman–Crippen LogP) is 2.70. The maximum absolute atomic E-state index is 12.9. The van der Waals surface area contributed by atoms with Crippen LogP contribution < -0.4 is 11.1 Å². The van der Waals surface area contributed by atoms with Crippen LogP contribution in [0.4, 0.5) is 4.39 Å². The number of nitrogens with two attached hydrogens (primary N) is 1. The standard InChI is InChI=1S/C16H17FN2O/c1-11(12-7-9-14(17)10-8-12)19-16(20)15(18)13-5-3-2-4-6-13/h2-11,15H,18H2,1H3,(H,19,20)/t11?,15-/m1/s1. The lowest BCUT2D eigenvalue weighted by Crippen LogP contribution is -2.35. The highest BCUT2D eigenvalue weighted by Gasteiger charge is 2.18. The molecule has 1 amide bonds. The third kappa shape index (κ3) is 3.42. The molecule has 20 heavy (non-hydrogen) atoms. The lowest BCUT2D eigenvalue weighted by Gasteiger charge is -2.18. The monoisotopic (exact) mass is 272 g/mol. The molecule has 2 rings (SSSR count). The van der Waals surface area contributed by atoms with Gasteiger partial charge in [-0.25, -0.2) is 4.39 Å². The molecule has 1 unspecified atom stereocenters. The van der Waals surface area contributed by atoms with Crippen molar-refractivity contribution in [1.29, 1.82) is 0 Å². The van der Waals surface area contributed by atoms with Gasteiger partial charge in [0.05, 0.1) is 6.04 Å². The number of amides is 1. The Balaban J connectivity index is 2.02. The van der Waals surface area contributed by atoms with Gasteiger partial charge in [0, 0.05) is 0 Å². The first-order chi connectivity index (χ1) is 9.58. The Morgan fingerprint density at radius 2 is 1.65 bits per heavy atom. The van der Waals surface area contributed by atoms with Crippen molar-refractivity contribution < 1.29 is 9.18 Å². The van der Waals surface area contributed by atoms with Gasteiger partial charge in [-0.3, -0.25) is 4.79 Å². The zero-order valence-corrected chi connectivity index (χ0v) is 11.2. The van der Waals surface area contributed by atoms with Crippen LogP contribution in [-0.2, 0) is 4.79 Å². The third-order valence-electron chi connectivity index (χ3n) is 3.17. The van der Waals surface area contributed by atoms with Gasteiger partial charge in [-0.2, -0.15) is 0 Å². The lowest BCUT2D eigenvalue weighted by molar-refractivity contribution is -0.123. The largest absolute Gasteiger partial charge is 0.348 e. The average molecular weight is 272 g/mol. The smallest absolute Gasteiger partial charge is 0.241 e. The summed E-state index contributed by atoms with van der Waals surface area (Å²) in [6.45, 7) is 1.84. The fraction of sp³-hybridized carbons (Fsp3) is 0.188. The molecular formula is C16H17FN2O. The first kappa shape index (κ1) is 14.2. The summed E-state index contributed by atoms with van der Waals surface area (Å²) >= 11 is 0. The molecule has 3 nitrogen and oxygen atoms in total. The van der Waals surface area contributed by atoms with E-state index in [9.17, 15) is 9.18 Å². The van der Waals surface area contributed by atoms with Gasteiger partial charge in [0.2, 0.25) is 5.91 Å². The molecule has 0 bridgehead atoms. The molecule has 2 aromatic carbocycles. The molecular weight excluding hydrogens is 255 g/mol. The van der Waals surface area contributed by atoms with Crippen LogP contribution in [0.1, 0.15) is 30.1 Å². The second kappa shape index (κ2) is 6.30. The van der Waals surface area contributed by atoms with E-state index in [1.807, 2.05) is 37.3 Å². The number of hydrogen-bond acceptors (Lipinski definition) is 2. The van der Waals surface area contributed by atoms with E-state index in [1.165, 1.54) is 12.1 Å². The predicted molar refractivity (Wildman–Crippen MR) is 76.3 cm³/mol. The summed E-state index contributed by atoms with van der Waals surface area (Å²) in [5, 5.41) is 2.83. The molecule has 0 heterocycles. The van der Waals surface area contributed by atoms with Crippen LogP contribution in [0, 0.1) is 5.82 Å². The summed E-state index contributed by atoms with van der Waals surface area (Å²) in [5.41, 5.74) is 7.51. The molecule has 2 atom stereocenters. The normalized spacial score (nSPS) is 13.6. The zero-order chi connectivity index (χ0) is 14.5. The van der Waals surface area contributed by atoms with Crippen molar-refractivity contribution in [3.8, 4) is 0 Å². The maximum atomic E-state index is 12.9. The van der Waals surface area contributed by atoms with Crippen molar-refractivity contribution in [1.82, 2.24) is 5.32 Å². The molecule has 0 aromatic heterocycles. The lowest BCUT2D eigenvalue weighted by atomic mass is 10.1. The Hall–Kier alpha value is -2.20. The molecule has 0 aliphatic rings. The van der Waals surface area contributed by atoms with Gasteiger partial charge in [0.25, 0.3) is 0 Å². The fourth-order valence-electron chi connectivity index (χ4n) is 1.95.